The summed E-state index contributed by atoms with van der Waals surface area (Å²) < 4.78 is 6.09. The van der Waals surface area contributed by atoms with Crippen molar-refractivity contribution in [3.63, 3.8) is 0 Å². The maximum absolute atomic E-state index is 6.09. The molecule has 0 saturated heterocycles. The molecular weight excluding hydrogens is 478 g/mol. The van der Waals surface area contributed by atoms with Crippen LogP contribution in [0.1, 0.15) is 0 Å². The molecule has 0 atom stereocenters. The van der Waals surface area contributed by atoms with Crippen LogP contribution in [0.15, 0.2) is 144 Å². The molecule has 2 aromatic heterocycles. The minimum Gasteiger partial charge on any atom is -0.436 e. The second kappa shape index (κ2) is 9.84. The maximum Gasteiger partial charge on any atom is 0.227 e. The Bertz CT molecular complexity index is 1820. The third-order valence-corrected chi connectivity index (χ3v) is 6.75. The predicted octanol–water partition coefficient (Wildman–Crippen LogP) is 8.95. The summed E-state index contributed by atoms with van der Waals surface area (Å²) in [7, 11) is 0. The van der Waals surface area contributed by atoms with E-state index < -0.39 is 0 Å². The fourth-order valence-corrected chi connectivity index (χ4v) is 4.71. The molecule has 4 nitrogen and oxygen atoms in total. The first-order valence-electron chi connectivity index (χ1n) is 12.9. The van der Waals surface area contributed by atoms with Crippen molar-refractivity contribution in [3.05, 3.63) is 140 Å². The lowest BCUT2D eigenvalue weighted by Gasteiger charge is -2.10. The molecule has 0 spiro atoms. The first kappa shape index (κ1) is 22.8. The number of aromatic nitrogens is 3. The van der Waals surface area contributed by atoms with E-state index in [0.717, 1.165) is 55.9 Å². The van der Waals surface area contributed by atoms with Crippen LogP contribution in [0.25, 0.3) is 67.6 Å². The zero-order valence-electron chi connectivity index (χ0n) is 21.0. The summed E-state index contributed by atoms with van der Waals surface area (Å²) in [6.45, 7) is 0. The number of rotatable bonds is 5. The van der Waals surface area contributed by atoms with E-state index in [1.54, 1.807) is 0 Å². The molecular formula is C35H23N3O. The highest BCUT2D eigenvalue weighted by molar-refractivity contribution is 5.83. The van der Waals surface area contributed by atoms with E-state index in [2.05, 4.69) is 65.6 Å². The fourth-order valence-electron chi connectivity index (χ4n) is 4.71. The molecule has 0 unspecified atom stereocenters. The highest BCUT2D eigenvalue weighted by atomic mass is 16.3. The summed E-state index contributed by atoms with van der Waals surface area (Å²) in [5.41, 5.74) is 9.59. The van der Waals surface area contributed by atoms with Crippen molar-refractivity contribution in [2.75, 3.05) is 0 Å². The van der Waals surface area contributed by atoms with Crippen molar-refractivity contribution >= 4 is 11.1 Å². The molecule has 0 radical (unpaired) electrons. The molecule has 0 aliphatic carbocycles. The van der Waals surface area contributed by atoms with E-state index in [-0.39, 0.29) is 0 Å². The van der Waals surface area contributed by atoms with Crippen molar-refractivity contribution in [1.29, 1.82) is 0 Å². The molecule has 5 aromatic carbocycles. The van der Waals surface area contributed by atoms with Gasteiger partial charge in [-0.2, -0.15) is 0 Å². The van der Waals surface area contributed by atoms with Gasteiger partial charge in [0.05, 0.1) is 11.4 Å². The van der Waals surface area contributed by atoms with Crippen LogP contribution in [0.4, 0.5) is 0 Å². The Kier molecular flexibility index (Phi) is 5.76. The zero-order chi connectivity index (χ0) is 26.0. The van der Waals surface area contributed by atoms with Crippen LogP contribution in [0.5, 0.6) is 0 Å². The number of benzene rings is 5. The summed E-state index contributed by atoms with van der Waals surface area (Å²) >= 11 is 0. The minimum atomic E-state index is 0.628. The molecule has 0 aliphatic rings. The number of oxazole rings is 1. The Balaban J connectivity index is 1.25. The van der Waals surface area contributed by atoms with Gasteiger partial charge in [0.2, 0.25) is 5.89 Å². The van der Waals surface area contributed by atoms with Gasteiger partial charge in [0.1, 0.15) is 5.52 Å². The lowest BCUT2D eigenvalue weighted by atomic mass is 10.0. The van der Waals surface area contributed by atoms with Gasteiger partial charge in [0, 0.05) is 22.3 Å². The quantitative estimate of drug-likeness (QED) is 0.236. The number of hydrogen-bond acceptors (Lipinski definition) is 4. The van der Waals surface area contributed by atoms with Crippen LogP contribution in [-0.2, 0) is 0 Å². The Hall–Kier alpha value is -5.35. The molecule has 0 N–H and O–H groups in total. The van der Waals surface area contributed by atoms with E-state index in [9.17, 15) is 0 Å². The molecule has 39 heavy (non-hydrogen) atoms. The van der Waals surface area contributed by atoms with Crippen molar-refractivity contribution in [3.8, 4) is 56.5 Å². The molecule has 0 amide bonds. The first-order chi connectivity index (χ1) is 19.3. The Morgan fingerprint density at radius 1 is 0.385 bits per heavy atom. The first-order valence-corrected chi connectivity index (χ1v) is 12.9. The van der Waals surface area contributed by atoms with Gasteiger partial charge in [-0.25, -0.2) is 15.0 Å². The highest BCUT2D eigenvalue weighted by Crippen LogP contribution is 2.31. The van der Waals surface area contributed by atoms with Gasteiger partial charge in [-0.15, -0.1) is 0 Å². The lowest BCUT2D eigenvalue weighted by molar-refractivity contribution is 0.620. The molecule has 184 valence electrons. The average molecular weight is 502 g/mol. The smallest absolute Gasteiger partial charge is 0.227 e. The minimum absolute atomic E-state index is 0.628. The Morgan fingerprint density at radius 3 is 1.49 bits per heavy atom. The van der Waals surface area contributed by atoms with Crippen LogP contribution in [0.2, 0.25) is 0 Å². The Labute approximate surface area is 226 Å². The monoisotopic (exact) mass is 501 g/mol. The normalized spacial score (nSPS) is 11.1. The summed E-state index contributed by atoms with van der Waals surface area (Å²) in [5.74, 6) is 1.32. The van der Waals surface area contributed by atoms with Crippen LogP contribution in [0.3, 0.4) is 0 Å². The summed E-state index contributed by atoms with van der Waals surface area (Å²) in [6, 6.07) is 47.0. The fraction of sp³-hybridized carbons (Fsp3) is 0. The molecule has 0 fully saturated rings. The predicted molar refractivity (Wildman–Crippen MR) is 157 cm³/mol. The van der Waals surface area contributed by atoms with Gasteiger partial charge in [-0.3, -0.25) is 0 Å². The van der Waals surface area contributed by atoms with E-state index in [1.165, 1.54) is 0 Å². The van der Waals surface area contributed by atoms with Gasteiger partial charge in [0.25, 0.3) is 0 Å². The van der Waals surface area contributed by atoms with E-state index in [0.29, 0.717) is 11.7 Å². The van der Waals surface area contributed by atoms with Crippen LogP contribution >= 0.6 is 0 Å². The molecule has 0 aliphatic heterocycles. The van der Waals surface area contributed by atoms with Gasteiger partial charge in [0.15, 0.2) is 11.4 Å². The van der Waals surface area contributed by atoms with Gasteiger partial charge in [-0.05, 0) is 41.5 Å². The largest absolute Gasteiger partial charge is 0.436 e. The van der Waals surface area contributed by atoms with Crippen LogP contribution in [-0.4, -0.2) is 15.0 Å². The van der Waals surface area contributed by atoms with Gasteiger partial charge in [-0.1, -0.05) is 109 Å². The van der Waals surface area contributed by atoms with E-state index in [1.807, 2.05) is 78.9 Å². The summed E-state index contributed by atoms with van der Waals surface area (Å²) in [4.78, 5) is 14.5. The number of hydrogen-bond donors (Lipinski definition) is 0. The molecule has 0 bridgehead atoms. The summed E-state index contributed by atoms with van der Waals surface area (Å²) in [6.07, 6.45) is 0. The third-order valence-electron chi connectivity index (χ3n) is 6.75. The topological polar surface area (TPSA) is 51.8 Å². The van der Waals surface area contributed by atoms with E-state index >= 15 is 0 Å². The van der Waals surface area contributed by atoms with Crippen LogP contribution < -0.4 is 0 Å². The third kappa shape index (κ3) is 4.60. The zero-order valence-corrected chi connectivity index (χ0v) is 21.0. The molecule has 7 aromatic rings. The number of nitrogens with zero attached hydrogens (tertiary/aromatic N) is 3. The van der Waals surface area contributed by atoms with Gasteiger partial charge >= 0.3 is 0 Å². The molecule has 2 heterocycles. The maximum atomic E-state index is 6.09. The van der Waals surface area contributed by atoms with Crippen molar-refractivity contribution in [1.82, 2.24) is 15.0 Å². The van der Waals surface area contributed by atoms with E-state index in [4.69, 9.17) is 14.4 Å². The highest BCUT2D eigenvalue weighted by Gasteiger charge is 2.12. The second-order valence-corrected chi connectivity index (χ2v) is 9.34. The lowest BCUT2D eigenvalue weighted by Crippen LogP contribution is -1.95. The molecule has 4 heteroatoms. The number of fused-ring (bicyclic) bond motifs is 1. The van der Waals surface area contributed by atoms with Crippen molar-refractivity contribution in [2.45, 2.75) is 0 Å². The molecule has 7 rings (SSSR count). The van der Waals surface area contributed by atoms with Crippen molar-refractivity contribution < 1.29 is 4.42 Å². The van der Waals surface area contributed by atoms with Gasteiger partial charge < -0.3 is 4.42 Å². The standard InChI is InChI=1S/C35H23N3O/c1-4-10-25(11-5-1)31-23-32(26-12-6-2-7-13-26)37-34(36-31)27-18-16-24(17-19-27)29-20-21-30-33(22-29)39-35(38-30)28-14-8-3-9-15-28/h1-23H. The second-order valence-electron chi connectivity index (χ2n) is 9.34. The van der Waals surface area contributed by atoms with Crippen LogP contribution in [0, 0.1) is 0 Å². The molecule has 0 saturated carbocycles. The summed E-state index contributed by atoms with van der Waals surface area (Å²) in [5, 5.41) is 0. The average Bonchev–Trinajstić information content (AvgIpc) is 3.46. The Morgan fingerprint density at radius 2 is 0.897 bits per heavy atom. The SMILES string of the molecule is c1ccc(-c2cc(-c3ccccc3)nc(-c3ccc(-c4ccc5nc(-c6ccccc6)oc5c4)cc3)n2)cc1. The van der Waals surface area contributed by atoms with Crippen molar-refractivity contribution in [2.24, 2.45) is 0 Å².